The van der Waals surface area contributed by atoms with Gasteiger partial charge in [0.25, 0.3) is 0 Å². The number of nitrogens with zero attached hydrogens (tertiary/aromatic N) is 2. The van der Waals surface area contributed by atoms with Gasteiger partial charge in [0.1, 0.15) is 11.5 Å². The molecule has 0 bridgehead atoms. The summed E-state index contributed by atoms with van der Waals surface area (Å²) < 4.78 is 5.20. The number of methoxy groups -OCH3 is 1. The molecule has 0 amide bonds. The van der Waals surface area contributed by atoms with Crippen molar-refractivity contribution in [3.63, 3.8) is 0 Å². The molecule has 1 rings (SSSR count). The molecule has 0 aromatic heterocycles. The molecule has 0 saturated heterocycles. The van der Waals surface area contributed by atoms with E-state index >= 15 is 0 Å². The van der Waals surface area contributed by atoms with Gasteiger partial charge >= 0.3 is 0 Å². The van der Waals surface area contributed by atoms with Gasteiger partial charge in [-0.05, 0) is 57.6 Å². The number of hydrogen-bond donors (Lipinski definition) is 3. The maximum Gasteiger partial charge on any atom is 0.191 e. The maximum absolute atomic E-state index is 9.95. The summed E-state index contributed by atoms with van der Waals surface area (Å²) in [5.74, 6) is 1.70. The quantitative estimate of drug-likeness (QED) is 0.447. The molecule has 6 heteroatoms. The Hall–Kier alpha value is -1.95. The highest BCUT2D eigenvalue weighted by Crippen LogP contribution is 2.22. The topological polar surface area (TPSA) is 69.1 Å². The minimum atomic E-state index is 0.246. The molecule has 0 fully saturated rings. The van der Waals surface area contributed by atoms with Crippen molar-refractivity contribution in [1.82, 2.24) is 15.5 Å². The predicted octanol–water partition coefficient (Wildman–Crippen LogP) is 2.58. The molecule has 142 valence electrons. The molecule has 0 spiro atoms. The van der Waals surface area contributed by atoms with Crippen molar-refractivity contribution in [2.75, 3.05) is 33.8 Å². The first kappa shape index (κ1) is 21.1. The molecule has 1 aromatic rings. The van der Waals surface area contributed by atoms with E-state index in [0.29, 0.717) is 12.6 Å². The molecule has 0 heterocycles. The summed E-state index contributed by atoms with van der Waals surface area (Å²) in [6, 6.07) is 5.54. The van der Waals surface area contributed by atoms with Crippen LogP contribution in [0.25, 0.3) is 0 Å². The molecule has 1 atom stereocenters. The van der Waals surface area contributed by atoms with Crippen LogP contribution < -0.4 is 15.4 Å². The molecular formula is C19H34N4O2. The second-order valence-electron chi connectivity index (χ2n) is 6.13. The summed E-state index contributed by atoms with van der Waals surface area (Å²) in [7, 11) is 3.37. The standard InChI is InChI=1S/C19H34N4O2/c1-6-23(7-2)12-8-9-15(3)22-19(20-4)21-14-16-13-17(25-5)10-11-18(16)24/h10-11,13,15,24H,6-9,12,14H2,1-5H3,(H2,20,21,22). The van der Waals surface area contributed by atoms with Gasteiger partial charge in [-0.1, -0.05) is 13.8 Å². The Bertz CT molecular complexity index is 530. The second kappa shape index (κ2) is 11.6. The Morgan fingerprint density at radius 2 is 2.04 bits per heavy atom. The third-order valence-electron chi connectivity index (χ3n) is 4.35. The van der Waals surface area contributed by atoms with Gasteiger partial charge in [-0.25, -0.2) is 0 Å². The largest absolute Gasteiger partial charge is 0.508 e. The van der Waals surface area contributed by atoms with Crippen molar-refractivity contribution >= 4 is 5.96 Å². The lowest BCUT2D eigenvalue weighted by Gasteiger charge is -2.21. The number of rotatable bonds is 10. The molecule has 0 radical (unpaired) electrons. The highest BCUT2D eigenvalue weighted by Gasteiger charge is 2.08. The lowest BCUT2D eigenvalue weighted by atomic mass is 10.1. The normalized spacial score (nSPS) is 13.0. The molecule has 0 aliphatic heterocycles. The van der Waals surface area contributed by atoms with E-state index in [0.717, 1.165) is 49.7 Å². The van der Waals surface area contributed by atoms with E-state index in [9.17, 15) is 5.11 Å². The van der Waals surface area contributed by atoms with E-state index in [1.54, 1.807) is 26.3 Å². The molecule has 1 aromatic carbocycles. The van der Waals surface area contributed by atoms with E-state index in [1.165, 1.54) is 0 Å². The van der Waals surface area contributed by atoms with Gasteiger partial charge in [0, 0.05) is 25.2 Å². The zero-order chi connectivity index (χ0) is 18.7. The zero-order valence-corrected chi connectivity index (χ0v) is 16.3. The first-order chi connectivity index (χ1) is 12.0. The van der Waals surface area contributed by atoms with Crippen LogP contribution in [-0.4, -0.2) is 55.8 Å². The first-order valence-electron chi connectivity index (χ1n) is 9.09. The van der Waals surface area contributed by atoms with Crippen LogP contribution in [0.15, 0.2) is 23.2 Å². The third-order valence-corrected chi connectivity index (χ3v) is 4.35. The monoisotopic (exact) mass is 350 g/mol. The summed E-state index contributed by atoms with van der Waals surface area (Å²) >= 11 is 0. The van der Waals surface area contributed by atoms with Gasteiger partial charge in [-0.3, -0.25) is 4.99 Å². The molecular weight excluding hydrogens is 316 g/mol. The van der Waals surface area contributed by atoms with Crippen LogP contribution >= 0.6 is 0 Å². The van der Waals surface area contributed by atoms with E-state index < -0.39 is 0 Å². The highest BCUT2D eigenvalue weighted by atomic mass is 16.5. The predicted molar refractivity (Wildman–Crippen MR) is 104 cm³/mol. The van der Waals surface area contributed by atoms with Gasteiger partial charge in [-0.15, -0.1) is 0 Å². The fraction of sp³-hybridized carbons (Fsp3) is 0.632. The van der Waals surface area contributed by atoms with Crippen molar-refractivity contribution < 1.29 is 9.84 Å². The summed E-state index contributed by atoms with van der Waals surface area (Å²) in [6.07, 6.45) is 2.24. The Morgan fingerprint density at radius 1 is 1.32 bits per heavy atom. The molecule has 0 saturated carbocycles. The number of phenolic OH excluding ortho intramolecular Hbond substituents is 1. The van der Waals surface area contributed by atoms with Crippen LogP contribution in [-0.2, 0) is 6.54 Å². The van der Waals surface area contributed by atoms with E-state index in [-0.39, 0.29) is 5.75 Å². The van der Waals surface area contributed by atoms with Crippen molar-refractivity contribution in [2.45, 2.75) is 46.2 Å². The Labute approximate surface area is 152 Å². The number of ether oxygens (including phenoxy) is 1. The van der Waals surface area contributed by atoms with Crippen LogP contribution in [0.5, 0.6) is 11.5 Å². The lowest BCUT2D eigenvalue weighted by molar-refractivity contribution is 0.292. The SMILES string of the molecule is CCN(CC)CCCC(C)NC(=NC)NCc1cc(OC)ccc1O. The summed E-state index contributed by atoms with van der Waals surface area (Å²) in [5.41, 5.74) is 0.775. The molecule has 25 heavy (non-hydrogen) atoms. The van der Waals surface area contributed by atoms with Gasteiger partial charge in [-0.2, -0.15) is 0 Å². The average Bonchev–Trinajstić information content (AvgIpc) is 2.63. The molecule has 1 unspecified atom stereocenters. The lowest BCUT2D eigenvalue weighted by Crippen LogP contribution is -2.42. The van der Waals surface area contributed by atoms with E-state index in [1.807, 2.05) is 6.07 Å². The van der Waals surface area contributed by atoms with E-state index in [4.69, 9.17) is 4.74 Å². The number of nitrogens with one attached hydrogen (secondary N) is 2. The Balaban J connectivity index is 2.44. The average molecular weight is 351 g/mol. The number of phenols is 1. The fourth-order valence-corrected chi connectivity index (χ4v) is 2.67. The molecule has 6 nitrogen and oxygen atoms in total. The summed E-state index contributed by atoms with van der Waals surface area (Å²) in [4.78, 5) is 6.70. The molecule has 0 aliphatic rings. The van der Waals surface area contributed by atoms with Crippen LogP contribution in [0.1, 0.15) is 39.2 Å². The molecule has 0 aliphatic carbocycles. The Kier molecular flexibility index (Phi) is 9.77. The van der Waals surface area contributed by atoms with E-state index in [2.05, 4.69) is 41.3 Å². The zero-order valence-electron chi connectivity index (χ0n) is 16.3. The summed E-state index contributed by atoms with van der Waals surface area (Å²) in [6.45, 7) is 10.4. The van der Waals surface area contributed by atoms with Gasteiger partial charge in [0.2, 0.25) is 0 Å². The van der Waals surface area contributed by atoms with Crippen molar-refractivity contribution in [3.05, 3.63) is 23.8 Å². The van der Waals surface area contributed by atoms with Crippen LogP contribution in [0, 0.1) is 0 Å². The van der Waals surface area contributed by atoms with Crippen molar-refractivity contribution in [1.29, 1.82) is 0 Å². The van der Waals surface area contributed by atoms with Gasteiger partial charge in [0.05, 0.1) is 7.11 Å². The van der Waals surface area contributed by atoms with Gasteiger partial charge in [0.15, 0.2) is 5.96 Å². The number of aromatic hydroxyl groups is 1. The van der Waals surface area contributed by atoms with Crippen molar-refractivity contribution in [3.8, 4) is 11.5 Å². The number of aliphatic imine (C=N–C) groups is 1. The van der Waals surface area contributed by atoms with Crippen molar-refractivity contribution in [2.24, 2.45) is 4.99 Å². The van der Waals surface area contributed by atoms with Crippen LogP contribution in [0.3, 0.4) is 0 Å². The second-order valence-corrected chi connectivity index (χ2v) is 6.13. The van der Waals surface area contributed by atoms with Gasteiger partial charge < -0.3 is 25.4 Å². The first-order valence-corrected chi connectivity index (χ1v) is 9.09. The minimum absolute atomic E-state index is 0.246. The van der Waals surface area contributed by atoms with Crippen LogP contribution in [0.4, 0.5) is 0 Å². The third kappa shape index (κ3) is 7.65. The number of hydrogen-bond acceptors (Lipinski definition) is 4. The summed E-state index contributed by atoms with van der Waals surface area (Å²) in [5, 5.41) is 16.6. The smallest absolute Gasteiger partial charge is 0.191 e. The number of benzene rings is 1. The fourth-order valence-electron chi connectivity index (χ4n) is 2.67. The number of guanidine groups is 1. The Morgan fingerprint density at radius 3 is 2.64 bits per heavy atom. The highest BCUT2D eigenvalue weighted by molar-refractivity contribution is 5.80. The molecule has 3 N–H and O–H groups in total. The maximum atomic E-state index is 9.95. The minimum Gasteiger partial charge on any atom is -0.508 e. The van der Waals surface area contributed by atoms with Crippen LogP contribution in [0.2, 0.25) is 0 Å².